The Hall–Kier alpha value is -1.65. The van der Waals surface area contributed by atoms with Gasteiger partial charge in [0.05, 0.1) is 0 Å². The molecule has 2 N–H and O–H groups in total. The minimum Gasteiger partial charge on any atom is -0.364 e. The summed E-state index contributed by atoms with van der Waals surface area (Å²) in [6.45, 7) is 2.16. The molecule has 0 unspecified atom stereocenters. The number of rotatable bonds is 2. The number of fused-ring (bicyclic) bond motifs is 1. The second-order valence-corrected chi connectivity index (χ2v) is 5.35. The van der Waals surface area contributed by atoms with Gasteiger partial charge in [-0.3, -0.25) is 4.79 Å². The van der Waals surface area contributed by atoms with E-state index in [4.69, 9.17) is 5.73 Å². The molecule has 3 rings (SSSR count). The zero-order valence-corrected chi connectivity index (χ0v) is 10.4. The van der Waals surface area contributed by atoms with Crippen LogP contribution in [0.2, 0.25) is 0 Å². The lowest BCUT2D eigenvalue weighted by molar-refractivity contribution is 0.0994. The maximum atomic E-state index is 10.9. The van der Waals surface area contributed by atoms with Gasteiger partial charge < -0.3 is 10.6 Å². The zero-order valence-electron chi connectivity index (χ0n) is 10.4. The lowest BCUT2D eigenvalue weighted by Crippen LogP contribution is -2.22. The van der Waals surface area contributed by atoms with Crippen LogP contribution < -0.4 is 10.6 Å². The van der Waals surface area contributed by atoms with E-state index in [-0.39, 0.29) is 5.69 Å². The van der Waals surface area contributed by atoms with Crippen molar-refractivity contribution in [3.05, 3.63) is 17.8 Å². The highest BCUT2D eigenvalue weighted by Crippen LogP contribution is 2.37. The average molecular weight is 246 g/mol. The summed E-state index contributed by atoms with van der Waals surface area (Å²) in [6, 6.07) is 3.51. The standard InChI is InChI=1S/C13H18N4O/c14-13(18)11-5-6-12(16-15-11)17-7-9-3-1-2-4-10(9)8-17/h5-6,9-10H,1-4,7-8H2,(H2,14,18)/t9-,10+. The molecule has 1 amide bonds. The molecule has 96 valence electrons. The molecule has 0 radical (unpaired) electrons. The van der Waals surface area contributed by atoms with E-state index in [9.17, 15) is 4.79 Å². The van der Waals surface area contributed by atoms with Crippen LogP contribution in [-0.2, 0) is 0 Å². The van der Waals surface area contributed by atoms with E-state index in [1.807, 2.05) is 6.07 Å². The molecule has 2 fully saturated rings. The van der Waals surface area contributed by atoms with Gasteiger partial charge in [0.2, 0.25) is 0 Å². The average Bonchev–Trinajstić information content (AvgIpc) is 2.82. The van der Waals surface area contributed by atoms with Crippen molar-refractivity contribution in [1.29, 1.82) is 0 Å². The topological polar surface area (TPSA) is 72.1 Å². The smallest absolute Gasteiger partial charge is 0.269 e. The number of anilines is 1. The van der Waals surface area contributed by atoms with E-state index >= 15 is 0 Å². The van der Waals surface area contributed by atoms with Crippen molar-refractivity contribution in [2.24, 2.45) is 17.6 Å². The SMILES string of the molecule is NC(=O)c1ccc(N2C[C@H]3CCCC[C@H]3C2)nn1. The highest BCUT2D eigenvalue weighted by Gasteiger charge is 2.34. The van der Waals surface area contributed by atoms with Crippen LogP contribution in [0.4, 0.5) is 5.82 Å². The Morgan fingerprint density at radius 3 is 2.33 bits per heavy atom. The molecule has 18 heavy (non-hydrogen) atoms. The summed E-state index contributed by atoms with van der Waals surface area (Å²) in [5.41, 5.74) is 5.39. The maximum Gasteiger partial charge on any atom is 0.269 e. The van der Waals surface area contributed by atoms with Gasteiger partial charge in [-0.25, -0.2) is 0 Å². The van der Waals surface area contributed by atoms with Crippen molar-refractivity contribution in [2.75, 3.05) is 18.0 Å². The van der Waals surface area contributed by atoms with Crippen LogP contribution in [0.1, 0.15) is 36.2 Å². The number of hydrogen-bond donors (Lipinski definition) is 1. The number of aromatic nitrogens is 2. The van der Waals surface area contributed by atoms with Crippen LogP contribution in [0.15, 0.2) is 12.1 Å². The van der Waals surface area contributed by atoms with Gasteiger partial charge in [-0.2, -0.15) is 0 Å². The predicted octanol–water partition coefficient (Wildman–Crippen LogP) is 1.20. The normalized spacial score (nSPS) is 27.0. The monoisotopic (exact) mass is 246 g/mol. The van der Waals surface area contributed by atoms with Crippen LogP contribution in [0.3, 0.4) is 0 Å². The molecule has 1 aromatic rings. The molecule has 0 bridgehead atoms. The Morgan fingerprint density at radius 2 is 1.83 bits per heavy atom. The number of nitrogens with two attached hydrogens (primary N) is 1. The fourth-order valence-electron chi connectivity index (χ4n) is 3.22. The van der Waals surface area contributed by atoms with Crippen LogP contribution >= 0.6 is 0 Å². The molecule has 5 heteroatoms. The van der Waals surface area contributed by atoms with Crippen molar-refractivity contribution in [3.8, 4) is 0 Å². The van der Waals surface area contributed by atoms with Crippen LogP contribution in [0.5, 0.6) is 0 Å². The minimum atomic E-state index is -0.524. The van der Waals surface area contributed by atoms with Crippen molar-refractivity contribution < 1.29 is 4.79 Å². The first-order chi connectivity index (χ1) is 8.74. The van der Waals surface area contributed by atoms with Gasteiger partial charge in [0.1, 0.15) is 0 Å². The third-order valence-electron chi connectivity index (χ3n) is 4.20. The number of amides is 1. The van der Waals surface area contributed by atoms with Crippen molar-refractivity contribution >= 4 is 11.7 Å². The van der Waals surface area contributed by atoms with E-state index in [0.717, 1.165) is 30.7 Å². The predicted molar refractivity (Wildman–Crippen MR) is 68.2 cm³/mol. The van der Waals surface area contributed by atoms with Crippen LogP contribution in [0, 0.1) is 11.8 Å². The third kappa shape index (κ3) is 2.05. The highest BCUT2D eigenvalue weighted by molar-refractivity contribution is 5.90. The number of hydrogen-bond acceptors (Lipinski definition) is 4. The van der Waals surface area contributed by atoms with Gasteiger partial charge >= 0.3 is 0 Å². The first-order valence-electron chi connectivity index (χ1n) is 6.62. The Morgan fingerprint density at radius 1 is 1.17 bits per heavy atom. The molecular weight excluding hydrogens is 228 g/mol. The number of nitrogens with zero attached hydrogens (tertiary/aromatic N) is 3. The van der Waals surface area contributed by atoms with Gasteiger partial charge in [0.15, 0.2) is 11.5 Å². The molecule has 1 aliphatic carbocycles. The molecule has 0 spiro atoms. The van der Waals surface area contributed by atoms with E-state index in [2.05, 4.69) is 15.1 Å². The molecule has 1 saturated carbocycles. The lowest BCUT2D eigenvalue weighted by atomic mass is 9.82. The van der Waals surface area contributed by atoms with Crippen molar-refractivity contribution in [1.82, 2.24) is 10.2 Å². The number of carbonyl (C=O) groups is 1. The molecule has 2 aliphatic rings. The summed E-state index contributed by atoms with van der Waals surface area (Å²) in [4.78, 5) is 13.2. The molecule has 2 atom stereocenters. The fraction of sp³-hybridized carbons (Fsp3) is 0.615. The second-order valence-electron chi connectivity index (χ2n) is 5.35. The van der Waals surface area contributed by atoms with Gasteiger partial charge in [-0.05, 0) is 36.8 Å². The van der Waals surface area contributed by atoms with E-state index < -0.39 is 5.91 Å². The summed E-state index contributed by atoms with van der Waals surface area (Å²) in [6.07, 6.45) is 5.41. The molecule has 5 nitrogen and oxygen atoms in total. The van der Waals surface area contributed by atoms with E-state index in [1.54, 1.807) is 6.07 Å². The van der Waals surface area contributed by atoms with E-state index in [1.165, 1.54) is 25.7 Å². The Balaban J connectivity index is 1.73. The first-order valence-corrected chi connectivity index (χ1v) is 6.62. The summed E-state index contributed by atoms with van der Waals surface area (Å²) in [5, 5.41) is 7.99. The second kappa shape index (κ2) is 4.55. The molecular formula is C13H18N4O. The van der Waals surface area contributed by atoms with Gasteiger partial charge in [0.25, 0.3) is 5.91 Å². The quantitative estimate of drug-likeness (QED) is 0.851. The molecule has 2 heterocycles. The summed E-state index contributed by atoms with van der Waals surface area (Å²) in [5.74, 6) is 1.98. The van der Waals surface area contributed by atoms with Gasteiger partial charge in [0, 0.05) is 13.1 Å². The molecule has 1 aromatic heterocycles. The summed E-state index contributed by atoms with van der Waals surface area (Å²) in [7, 11) is 0. The Labute approximate surface area is 106 Å². The van der Waals surface area contributed by atoms with Gasteiger partial charge in [-0.15, -0.1) is 10.2 Å². The number of primary amides is 1. The Bertz CT molecular complexity index is 431. The largest absolute Gasteiger partial charge is 0.364 e. The van der Waals surface area contributed by atoms with Gasteiger partial charge in [-0.1, -0.05) is 12.8 Å². The van der Waals surface area contributed by atoms with Crippen molar-refractivity contribution in [3.63, 3.8) is 0 Å². The number of carbonyl (C=O) groups excluding carboxylic acids is 1. The summed E-state index contributed by atoms with van der Waals surface area (Å²) >= 11 is 0. The third-order valence-corrected chi connectivity index (χ3v) is 4.20. The van der Waals surface area contributed by atoms with E-state index in [0.29, 0.717) is 0 Å². The lowest BCUT2D eigenvalue weighted by Gasteiger charge is -2.22. The highest BCUT2D eigenvalue weighted by atomic mass is 16.1. The van der Waals surface area contributed by atoms with Crippen molar-refractivity contribution in [2.45, 2.75) is 25.7 Å². The first kappa shape index (κ1) is 11.4. The molecule has 1 saturated heterocycles. The van der Waals surface area contributed by atoms with Crippen LogP contribution in [-0.4, -0.2) is 29.2 Å². The zero-order chi connectivity index (χ0) is 12.5. The Kier molecular flexibility index (Phi) is 2.89. The van der Waals surface area contributed by atoms with Crippen LogP contribution in [0.25, 0.3) is 0 Å². The molecule has 0 aromatic carbocycles. The fourth-order valence-corrected chi connectivity index (χ4v) is 3.22. The minimum absolute atomic E-state index is 0.232. The molecule has 1 aliphatic heterocycles. The summed E-state index contributed by atoms with van der Waals surface area (Å²) < 4.78 is 0. The maximum absolute atomic E-state index is 10.9.